The van der Waals surface area contributed by atoms with Gasteiger partial charge in [0.05, 0.1) is 9.99 Å². The van der Waals surface area contributed by atoms with Crippen LogP contribution in [0.5, 0.6) is 0 Å². The Hall–Kier alpha value is -0.480. The summed E-state index contributed by atoms with van der Waals surface area (Å²) < 4.78 is 15.0. The Kier molecular flexibility index (Phi) is 2.58. The van der Waals surface area contributed by atoms with Crippen LogP contribution in [-0.4, -0.2) is 4.98 Å². The van der Waals surface area contributed by atoms with Crippen LogP contribution in [0.25, 0.3) is 10.9 Å². The Balaban J connectivity index is 2.94. The smallest absolute Gasteiger partial charge is 0.128 e. The van der Waals surface area contributed by atoms with Crippen molar-refractivity contribution in [3.05, 3.63) is 38.7 Å². The molecule has 1 aromatic carbocycles. The number of halogens is 3. The fourth-order valence-electron chi connectivity index (χ4n) is 1.33. The highest BCUT2D eigenvalue weighted by Crippen LogP contribution is 2.31. The van der Waals surface area contributed by atoms with Gasteiger partial charge >= 0.3 is 0 Å². The highest BCUT2D eigenvalue weighted by Gasteiger charge is 2.08. The van der Waals surface area contributed by atoms with Crippen molar-refractivity contribution in [1.82, 2.24) is 4.98 Å². The third kappa shape index (κ3) is 1.46. The lowest BCUT2D eigenvalue weighted by molar-refractivity contribution is 0.620. The first-order valence-electron chi connectivity index (χ1n) is 4.00. The highest BCUT2D eigenvalue weighted by atomic mass is 79.9. The van der Waals surface area contributed by atoms with Crippen molar-refractivity contribution in [1.29, 1.82) is 0 Å². The van der Waals surface area contributed by atoms with Crippen molar-refractivity contribution in [2.24, 2.45) is 0 Å². The van der Waals surface area contributed by atoms with Gasteiger partial charge in [0.1, 0.15) is 5.82 Å². The Morgan fingerprint density at radius 1 is 1.29 bits per heavy atom. The first kappa shape index (κ1) is 10.1. The van der Waals surface area contributed by atoms with Crippen LogP contribution in [0.1, 0.15) is 5.56 Å². The van der Waals surface area contributed by atoms with Crippen molar-refractivity contribution >= 4 is 42.8 Å². The van der Waals surface area contributed by atoms with E-state index in [2.05, 4.69) is 36.8 Å². The van der Waals surface area contributed by atoms with Crippen LogP contribution in [0, 0.1) is 12.7 Å². The molecule has 2 aromatic rings. The molecular weight excluding hydrogens is 313 g/mol. The van der Waals surface area contributed by atoms with Gasteiger partial charge in [-0.15, -0.1) is 0 Å². The van der Waals surface area contributed by atoms with Gasteiger partial charge in [0.2, 0.25) is 0 Å². The van der Waals surface area contributed by atoms with Gasteiger partial charge in [0, 0.05) is 21.6 Å². The molecule has 0 atom stereocenters. The van der Waals surface area contributed by atoms with Crippen LogP contribution in [0.2, 0.25) is 0 Å². The zero-order valence-corrected chi connectivity index (χ0v) is 10.5. The topological polar surface area (TPSA) is 12.9 Å². The van der Waals surface area contributed by atoms with Gasteiger partial charge in [-0.05, 0) is 50.9 Å². The summed E-state index contributed by atoms with van der Waals surface area (Å²) in [5.74, 6) is -0.223. The molecule has 4 heteroatoms. The minimum Gasteiger partial charge on any atom is -0.255 e. The van der Waals surface area contributed by atoms with E-state index in [9.17, 15) is 4.39 Å². The van der Waals surface area contributed by atoms with Gasteiger partial charge in [0.25, 0.3) is 0 Å². The Labute approximate surface area is 97.6 Å². The van der Waals surface area contributed by atoms with E-state index < -0.39 is 0 Å². The molecule has 0 aliphatic carbocycles. The van der Waals surface area contributed by atoms with Crippen molar-refractivity contribution in [2.75, 3.05) is 0 Å². The molecule has 1 nitrogen and oxygen atoms in total. The van der Waals surface area contributed by atoms with Crippen molar-refractivity contribution < 1.29 is 4.39 Å². The van der Waals surface area contributed by atoms with Crippen LogP contribution in [0.15, 0.2) is 27.3 Å². The molecule has 0 aliphatic heterocycles. The summed E-state index contributed by atoms with van der Waals surface area (Å²) in [7, 11) is 0. The number of rotatable bonds is 0. The van der Waals surface area contributed by atoms with Crippen LogP contribution >= 0.6 is 31.9 Å². The fourth-order valence-corrected chi connectivity index (χ4v) is 2.06. The second kappa shape index (κ2) is 3.59. The molecule has 2 rings (SSSR count). The maximum absolute atomic E-state index is 13.2. The minimum absolute atomic E-state index is 0.223. The maximum atomic E-state index is 13.2. The molecule has 0 saturated carbocycles. The molecule has 0 unspecified atom stereocenters. The lowest BCUT2D eigenvalue weighted by Gasteiger charge is -2.05. The zero-order chi connectivity index (χ0) is 10.3. The number of aromatic nitrogens is 1. The van der Waals surface area contributed by atoms with Crippen LogP contribution < -0.4 is 0 Å². The van der Waals surface area contributed by atoms with Crippen LogP contribution in [0.4, 0.5) is 4.39 Å². The molecule has 0 amide bonds. The van der Waals surface area contributed by atoms with Crippen LogP contribution in [0.3, 0.4) is 0 Å². The predicted molar refractivity (Wildman–Crippen MR) is 61.8 cm³/mol. The van der Waals surface area contributed by atoms with E-state index in [0.29, 0.717) is 11.1 Å². The predicted octanol–water partition coefficient (Wildman–Crippen LogP) is 4.21. The number of aryl methyl sites for hydroxylation is 1. The minimum atomic E-state index is -0.223. The van der Waals surface area contributed by atoms with Gasteiger partial charge in [0.15, 0.2) is 0 Å². The summed E-state index contributed by atoms with van der Waals surface area (Å²) in [6.45, 7) is 1.73. The second-order valence-corrected chi connectivity index (χ2v) is 4.64. The largest absolute Gasteiger partial charge is 0.255 e. The second-order valence-electron chi connectivity index (χ2n) is 2.99. The Bertz CT molecular complexity index is 464. The van der Waals surface area contributed by atoms with Gasteiger partial charge in [-0.3, -0.25) is 4.98 Å². The number of pyridine rings is 1. The molecule has 0 fully saturated rings. The number of fused-ring (bicyclic) bond motifs is 1. The van der Waals surface area contributed by atoms with Crippen molar-refractivity contribution in [3.63, 3.8) is 0 Å². The third-order valence-corrected chi connectivity index (χ3v) is 4.11. The molecular formula is C10H6Br2FN. The van der Waals surface area contributed by atoms with E-state index in [4.69, 9.17) is 0 Å². The molecule has 1 aromatic heterocycles. The zero-order valence-electron chi connectivity index (χ0n) is 7.31. The molecule has 0 aliphatic rings. The molecule has 0 radical (unpaired) electrons. The summed E-state index contributed by atoms with van der Waals surface area (Å²) in [5, 5.41) is 0.915. The van der Waals surface area contributed by atoms with E-state index in [1.54, 1.807) is 19.2 Å². The van der Waals surface area contributed by atoms with Gasteiger partial charge in [-0.1, -0.05) is 0 Å². The fraction of sp³-hybridized carbons (Fsp3) is 0.100. The van der Waals surface area contributed by atoms with E-state index >= 15 is 0 Å². The molecule has 72 valence electrons. The molecule has 0 spiro atoms. The molecule has 1 heterocycles. The summed E-state index contributed by atoms with van der Waals surface area (Å²) in [4.78, 5) is 4.19. The quantitative estimate of drug-likeness (QED) is 0.709. The first-order chi connectivity index (χ1) is 6.61. The lowest BCUT2D eigenvalue weighted by atomic mass is 10.1. The number of hydrogen-bond donors (Lipinski definition) is 0. The Morgan fingerprint density at radius 3 is 2.71 bits per heavy atom. The van der Waals surface area contributed by atoms with Gasteiger partial charge in [-0.25, -0.2) is 4.39 Å². The Morgan fingerprint density at radius 2 is 2.00 bits per heavy atom. The van der Waals surface area contributed by atoms with Crippen LogP contribution in [-0.2, 0) is 0 Å². The van der Waals surface area contributed by atoms with Gasteiger partial charge < -0.3 is 0 Å². The highest BCUT2D eigenvalue weighted by molar-refractivity contribution is 9.13. The average Bonchev–Trinajstić information content (AvgIpc) is 2.17. The number of hydrogen-bond acceptors (Lipinski definition) is 1. The van der Waals surface area contributed by atoms with E-state index in [0.717, 1.165) is 14.3 Å². The summed E-state index contributed by atoms with van der Waals surface area (Å²) in [5.41, 5.74) is 1.27. The van der Waals surface area contributed by atoms with E-state index in [-0.39, 0.29) is 5.82 Å². The summed E-state index contributed by atoms with van der Waals surface area (Å²) in [6.07, 6.45) is 1.67. The summed E-state index contributed by atoms with van der Waals surface area (Å²) in [6, 6.07) is 3.18. The molecule has 14 heavy (non-hydrogen) atoms. The number of nitrogens with zero attached hydrogens (tertiary/aromatic N) is 1. The van der Waals surface area contributed by atoms with E-state index in [1.165, 1.54) is 6.07 Å². The van der Waals surface area contributed by atoms with Gasteiger partial charge in [-0.2, -0.15) is 0 Å². The normalized spacial score (nSPS) is 10.9. The summed E-state index contributed by atoms with van der Waals surface area (Å²) >= 11 is 6.79. The first-order valence-corrected chi connectivity index (χ1v) is 5.58. The maximum Gasteiger partial charge on any atom is 0.128 e. The monoisotopic (exact) mass is 317 g/mol. The molecule has 0 saturated heterocycles. The lowest BCUT2D eigenvalue weighted by Crippen LogP contribution is -1.89. The number of benzene rings is 1. The SMILES string of the molecule is Cc1c(F)ccc2c(Br)c(Br)cnc12. The van der Waals surface area contributed by atoms with Crippen molar-refractivity contribution in [2.45, 2.75) is 6.92 Å². The molecule has 0 N–H and O–H groups in total. The van der Waals surface area contributed by atoms with Crippen molar-refractivity contribution in [3.8, 4) is 0 Å². The molecule has 0 bridgehead atoms. The third-order valence-electron chi connectivity index (χ3n) is 2.12. The van der Waals surface area contributed by atoms with E-state index in [1.807, 2.05) is 0 Å². The average molecular weight is 319 g/mol. The standard InChI is InChI=1S/C10H6Br2FN/c1-5-8(13)3-2-6-9(12)7(11)4-14-10(5)6/h2-4H,1H3.